The minimum Gasteiger partial charge on any atom is -0.378 e. The first-order valence-corrected chi connectivity index (χ1v) is 13.1. The van der Waals surface area contributed by atoms with Crippen LogP contribution in [0.15, 0.2) is 59.8 Å². The van der Waals surface area contributed by atoms with Crippen LogP contribution in [0.5, 0.6) is 0 Å². The monoisotopic (exact) mass is 509 g/mol. The molecule has 7 nitrogen and oxygen atoms in total. The van der Waals surface area contributed by atoms with Crippen LogP contribution >= 0.6 is 11.8 Å². The Morgan fingerprint density at radius 3 is 2.42 bits per heavy atom. The highest BCUT2D eigenvalue weighted by atomic mass is 32.2. The predicted molar refractivity (Wildman–Crippen MR) is 142 cm³/mol. The molecule has 1 saturated heterocycles. The van der Waals surface area contributed by atoms with Crippen molar-refractivity contribution in [3.63, 3.8) is 0 Å². The normalized spacial score (nSPS) is 13.7. The molecule has 0 spiro atoms. The van der Waals surface area contributed by atoms with E-state index in [9.17, 15) is 9.18 Å². The van der Waals surface area contributed by atoms with E-state index in [0.717, 1.165) is 30.2 Å². The zero-order valence-corrected chi connectivity index (χ0v) is 21.8. The van der Waals surface area contributed by atoms with Crippen LogP contribution < -0.4 is 9.80 Å². The maximum Gasteiger partial charge on any atom is 0.253 e. The largest absolute Gasteiger partial charge is 0.378 e. The van der Waals surface area contributed by atoms with Gasteiger partial charge in [0.2, 0.25) is 0 Å². The van der Waals surface area contributed by atoms with Gasteiger partial charge in [-0.1, -0.05) is 36.0 Å². The molecule has 4 rings (SSSR count). The van der Waals surface area contributed by atoms with Crippen molar-refractivity contribution in [3.05, 3.63) is 77.2 Å². The maximum atomic E-state index is 14.2. The van der Waals surface area contributed by atoms with Crippen molar-refractivity contribution >= 4 is 29.2 Å². The molecular weight excluding hydrogens is 477 g/mol. The van der Waals surface area contributed by atoms with Crippen LogP contribution in [-0.2, 0) is 17.1 Å². The molecule has 1 fully saturated rings. The smallest absolute Gasteiger partial charge is 0.253 e. The van der Waals surface area contributed by atoms with Gasteiger partial charge in [-0.2, -0.15) is 0 Å². The quantitative estimate of drug-likeness (QED) is 0.312. The number of halogens is 1. The van der Waals surface area contributed by atoms with E-state index in [1.165, 1.54) is 6.07 Å². The summed E-state index contributed by atoms with van der Waals surface area (Å²) in [5.74, 6) is 1.38. The van der Waals surface area contributed by atoms with Crippen molar-refractivity contribution < 1.29 is 13.9 Å². The summed E-state index contributed by atoms with van der Waals surface area (Å²) in [6.45, 7) is 5.94. The molecule has 3 aromatic rings. The average Bonchev–Trinajstić information content (AvgIpc) is 2.92. The SMILES string of the molecule is CCN(C)C(=O)c1ccc(CSc2nc(COC)cc(N3CCN(c4ccccc4F)CC3)n2)cc1. The van der Waals surface area contributed by atoms with Gasteiger partial charge in [-0.25, -0.2) is 14.4 Å². The number of methoxy groups -OCH3 is 1. The summed E-state index contributed by atoms with van der Waals surface area (Å²) in [5.41, 5.74) is 3.25. The van der Waals surface area contributed by atoms with E-state index in [1.807, 2.05) is 49.4 Å². The van der Waals surface area contributed by atoms with E-state index in [1.54, 1.807) is 36.9 Å². The Morgan fingerprint density at radius 1 is 1.06 bits per heavy atom. The summed E-state index contributed by atoms with van der Waals surface area (Å²) in [6.07, 6.45) is 0. The molecule has 2 aromatic carbocycles. The summed E-state index contributed by atoms with van der Waals surface area (Å²) in [7, 11) is 3.45. The molecule has 0 aliphatic carbocycles. The second kappa shape index (κ2) is 12.2. The van der Waals surface area contributed by atoms with Crippen molar-refractivity contribution in [1.82, 2.24) is 14.9 Å². The number of aromatic nitrogens is 2. The lowest BCUT2D eigenvalue weighted by molar-refractivity contribution is 0.0802. The number of hydrogen-bond acceptors (Lipinski definition) is 7. The van der Waals surface area contributed by atoms with Gasteiger partial charge >= 0.3 is 0 Å². The third-order valence-electron chi connectivity index (χ3n) is 6.22. The number of piperazine rings is 1. The molecular formula is C27H32FN5O2S. The van der Waals surface area contributed by atoms with Crippen molar-refractivity contribution in [2.75, 3.05) is 56.7 Å². The molecule has 190 valence electrons. The Hall–Kier alpha value is -3.17. The van der Waals surface area contributed by atoms with E-state index in [-0.39, 0.29) is 11.7 Å². The minimum atomic E-state index is -0.191. The van der Waals surface area contributed by atoms with E-state index < -0.39 is 0 Å². The fraction of sp³-hybridized carbons (Fsp3) is 0.370. The first-order valence-electron chi connectivity index (χ1n) is 12.1. The Kier molecular flexibility index (Phi) is 8.77. The van der Waals surface area contributed by atoms with Gasteiger partial charge < -0.3 is 19.4 Å². The number of benzene rings is 2. The number of amides is 1. The van der Waals surface area contributed by atoms with E-state index >= 15 is 0 Å². The Labute approximate surface area is 216 Å². The summed E-state index contributed by atoms with van der Waals surface area (Å²) in [5, 5.41) is 0.682. The van der Waals surface area contributed by atoms with Crippen LogP contribution in [0.3, 0.4) is 0 Å². The highest BCUT2D eigenvalue weighted by Crippen LogP contribution is 2.26. The van der Waals surface area contributed by atoms with Gasteiger partial charge in [0.05, 0.1) is 18.0 Å². The maximum absolute atomic E-state index is 14.2. The van der Waals surface area contributed by atoms with Crippen LogP contribution in [0.2, 0.25) is 0 Å². The summed E-state index contributed by atoms with van der Waals surface area (Å²) in [6, 6.07) is 16.6. The Balaban J connectivity index is 1.42. The summed E-state index contributed by atoms with van der Waals surface area (Å²) >= 11 is 1.56. The second-order valence-electron chi connectivity index (χ2n) is 8.66. The van der Waals surface area contributed by atoms with Gasteiger partial charge in [-0.3, -0.25) is 4.79 Å². The van der Waals surface area contributed by atoms with Crippen molar-refractivity contribution in [1.29, 1.82) is 0 Å². The van der Waals surface area contributed by atoms with E-state index in [0.29, 0.717) is 48.4 Å². The molecule has 1 aromatic heterocycles. The average molecular weight is 510 g/mol. The number of hydrogen-bond donors (Lipinski definition) is 0. The van der Waals surface area contributed by atoms with Crippen LogP contribution in [0.1, 0.15) is 28.5 Å². The number of nitrogens with zero attached hydrogens (tertiary/aromatic N) is 5. The lowest BCUT2D eigenvalue weighted by Gasteiger charge is -2.37. The molecule has 36 heavy (non-hydrogen) atoms. The lowest BCUT2D eigenvalue weighted by atomic mass is 10.1. The van der Waals surface area contributed by atoms with Gasteiger partial charge in [0, 0.05) is 64.3 Å². The molecule has 0 N–H and O–H groups in total. The number of para-hydroxylation sites is 1. The molecule has 0 atom stereocenters. The molecule has 0 bridgehead atoms. The van der Waals surface area contributed by atoms with Gasteiger partial charge in [-0.05, 0) is 36.8 Å². The first kappa shape index (κ1) is 25.9. The topological polar surface area (TPSA) is 61.8 Å². The zero-order valence-electron chi connectivity index (χ0n) is 21.0. The van der Waals surface area contributed by atoms with Crippen LogP contribution in [0.4, 0.5) is 15.9 Å². The van der Waals surface area contributed by atoms with Crippen LogP contribution in [0, 0.1) is 5.82 Å². The third-order valence-corrected chi connectivity index (χ3v) is 7.14. The van der Waals surface area contributed by atoms with Crippen molar-refractivity contribution in [2.24, 2.45) is 0 Å². The molecule has 0 saturated carbocycles. The van der Waals surface area contributed by atoms with Gasteiger partial charge in [-0.15, -0.1) is 0 Å². The summed E-state index contributed by atoms with van der Waals surface area (Å²) in [4.78, 5) is 27.8. The highest BCUT2D eigenvalue weighted by molar-refractivity contribution is 7.98. The number of carbonyl (C=O) groups excluding carboxylic acids is 1. The Morgan fingerprint density at radius 2 is 1.75 bits per heavy atom. The number of anilines is 2. The second-order valence-corrected chi connectivity index (χ2v) is 9.61. The summed E-state index contributed by atoms with van der Waals surface area (Å²) < 4.78 is 19.5. The van der Waals surface area contributed by atoms with Crippen molar-refractivity contribution in [2.45, 2.75) is 24.4 Å². The number of thioether (sulfide) groups is 1. The molecule has 1 amide bonds. The van der Waals surface area contributed by atoms with E-state index in [2.05, 4.69) is 14.8 Å². The van der Waals surface area contributed by atoms with Crippen LogP contribution in [0.25, 0.3) is 0 Å². The van der Waals surface area contributed by atoms with Gasteiger partial charge in [0.15, 0.2) is 5.16 Å². The predicted octanol–water partition coefficient (Wildman–Crippen LogP) is 4.47. The molecule has 9 heteroatoms. The van der Waals surface area contributed by atoms with Crippen LogP contribution in [-0.4, -0.2) is 67.7 Å². The third kappa shape index (κ3) is 6.33. The standard InChI is InChI=1S/C27H32FN5O2S/c1-4-31(2)26(34)21-11-9-20(10-12-21)19-36-27-29-22(18-35-3)17-25(30-27)33-15-13-32(14-16-33)24-8-6-5-7-23(24)28/h5-12,17H,4,13-16,18-19H2,1-3H3. The molecule has 2 heterocycles. The molecule has 1 aliphatic rings. The number of carbonyl (C=O) groups is 1. The zero-order chi connectivity index (χ0) is 25.5. The molecule has 0 unspecified atom stereocenters. The van der Waals surface area contributed by atoms with Crippen molar-refractivity contribution in [3.8, 4) is 0 Å². The minimum absolute atomic E-state index is 0.0204. The fourth-order valence-electron chi connectivity index (χ4n) is 4.05. The molecule has 0 radical (unpaired) electrons. The Bertz CT molecular complexity index is 1170. The number of ether oxygens (including phenoxy) is 1. The fourth-order valence-corrected chi connectivity index (χ4v) is 4.88. The van der Waals surface area contributed by atoms with Gasteiger partial charge in [0.25, 0.3) is 5.91 Å². The highest BCUT2D eigenvalue weighted by Gasteiger charge is 2.21. The first-order chi connectivity index (χ1) is 17.5. The van der Waals surface area contributed by atoms with Gasteiger partial charge in [0.1, 0.15) is 11.6 Å². The number of rotatable bonds is 9. The lowest BCUT2D eigenvalue weighted by Crippen LogP contribution is -2.47. The van der Waals surface area contributed by atoms with E-state index in [4.69, 9.17) is 9.72 Å². The molecule has 1 aliphatic heterocycles.